The van der Waals surface area contributed by atoms with E-state index in [9.17, 15) is 0 Å². The standard InChI is InChI=1S/C28H25N3/c1-18(2)22-14-9-15-23(19(3)4)27(22)31-28-25-13-8-6-11-21(25)17-16-20-10-5-7-12-24(20)26(28)29-30-31/h5-15,18-19H,1-4H3. The van der Waals surface area contributed by atoms with Crippen LogP contribution >= 0.6 is 0 Å². The second kappa shape index (κ2) is 7.56. The number of nitrogens with zero attached hydrogens (tertiary/aromatic N) is 3. The molecule has 1 heterocycles. The van der Waals surface area contributed by atoms with Gasteiger partial charge in [0.15, 0.2) is 0 Å². The van der Waals surface area contributed by atoms with Crippen molar-refractivity contribution in [3.8, 4) is 40.0 Å². The Hall–Kier alpha value is -3.64. The van der Waals surface area contributed by atoms with Crippen LogP contribution in [0.5, 0.6) is 0 Å². The summed E-state index contributed by atoms with van der Waals surface area (Å²) in [6, 6.07) is 23.1. The van der Waals surface area contributed by atoms with E-state index in [0.717, 1.165) is 39.3 Å². The lowest BCUT2D eigenvalue weighted by molar-refractivity contribution is 0.746. The molecule has 1 aliphatic rings. The van der Waals surface area contributed by atoms with Crippen LogP contribution in [-0.2, 0) is 0 Å². The van der Waals surface area contributed by atoms with E-state index in [-0.39, 0.29) is 0 Å². The van der Waals surface area contributed by atoms with Crippen LogP contribution < -0.4 is 0 Å². The maximum atomic E-state index is 4.75. The van der Waals surface area contributed by atoms with Crippen LogP contribution in [-0.4, -0.2) is 15.0 Å². The highest BCUT2D eigenvalue weighted by atomic mass is 15.4. The van der Waals surface area contributed by atoms with E-state index in [1.165, 1.54) is 11.1 Å². The Morgan fingerprint density at radius 2 is 1.23 bits per heavy atom. The number of fused-ring (bicyclic) bond motifs is 5. The molecule has 0 N–H and O–H groups in total. The Morgan fingerprint density at radius 3 is 1.84 bits per heavy atom. The van der Waals surface area contributed by atoms with Gasteiger partial charge in [-0.05, 0) is 35.1 Å². The molecule has 31 heavy (non-hydrogen) atoms. The van der Waals surface area contributed by atoms with Gasteiger partial charge in [-0.1, -0.05) is 99.3 Å². The number of hydrogen-bond donors (Lipinski definition) is 0. The molecule has 0 saturated heterocycles. The first kappa shape index (κ1) is 19.3. The zero-order valence-electron chi connectivity index (χ0n) is 18.3. The van der Waals surface area contributed by atoms with E-state index >= 15 is 0 Å². The van der Waals surface area contributed by atoms with Crippen LogP contribution in [0.15, 0.2) is 66.7 Å². The minimum atomic E-state index is 0.365. The summed E-state index contributed by atoms with van der Waals surface area (Å²) in [5, 5.41) is 9.47. The maximum absolute atomic E-state index is 4.75. The van der Waals surface area contributed by atoms with Crippen molar-refractivity contribution < 1.29 is 0 Å². The van der Waals surface area contributed by atoms with Crippen LogP contribution in [0, 0.1) is 11.8 Å². The molecule has 3 nitrogen and oxygen atoms in total. The summed E-state index contributed by atoms with van der Waals surface area (Å²) >= 11 is 0. The van der Waals surface area contributed by atoms with Gasteiger partial charge < -0.3 is 0 Å². The Bertz CT molecular complexity index is 1320. The molecular formula is C28H25N3. The third-order valence-corrected chi connectivity index (χ3v) is 5.92. The lowest BCUT2D eigenvalue weighted by Gasteiger charge is -2.21. The summed E-state index contributed by atoms with van der Waals surface area (Å²) in [6.07, 6.45) is 0. The summed E-state index contributed by atoms with van der Waals surface area (Å²) in [6.45, 7) is 8.94. The minimum absolute atomic E-state index is 0.365. The van der Waals surface area contributed by atoms with E-state index in [4.69, 9.17) is 10.3 Å². The predicted molar refractivity (Wildman–Crippen MR) is 126 cm³/mol. The third kappa shape index (κ3) is 3.16. The molecule has 0 atom stereocenters. The molecule has 0 aliphatic heterocycles. The number of benzene rings is 3. The highest BCUT2D eigenvalue weighted by Crippen LogP contribution is 2.39. The van der Waals surface area contributed by atoms with Gasteiger partial charge in [-0.3, -0.25) is 0 Å². The normalized spacial score (nSPS) is 11.8. The van der Waals surface area contributed by atoms with Crippen LogP contribution in [0.25, 0.3) is 28.2 Å². The van der Waals surface area contributed by atoms with Gasteiger partial charge in [0.25, 0.3) is 0 Å². The first-order valence-corrected chi connectivity index (χ1v) is 10.9. The van der Waals surface area contributed by atoms with Crippen molar-refractivity contribution in [1.29, 1.82) is 0 Å². The quantitative estimate of drug-likeness (QED) is 0.319. The van der Waals surface area contributed by atoms with E-state index < -0.39 is 0 Å². The van der Waals surface area contributed by atoms with Gasteiger partial charge in [0, 0.05) is 22.3 Å². The zero-order valence-corrected chi connectivity index (χ0v) is 18.3. The Morgan fingerprint density at radius 1 is 0.677 bits per heavy atom. The Kier molecular flexibility index (Phi) is 4.71. The largest absolute Gasteiger partial charge is 0.212 e. The average molecular weight is 404 g/mol. The van der Waals surface area contributed by atoms with Crippen molar-refractivity contribution in [1.82, 2.24) is 15.0 Å². The first-order valence-electron chi connectivity index (χ1n) is 10.9. The van der Waals surface area contributed by atoms with Crippen molar-refractivity contribution in [3.05, 3.63) is 89.0 Å². The van der Waals surface area contributed by atoms with E-state index in [1.807, 2.05) is 18.2 Å². The molecule has 1 aromatic heterocycles. The fraction of sp³-hybridized carbons (Fsp3) is 0.214. The number of aromatic nitrogens is 3. The molecule has 5 rings (SSSR count). The second-order valence-electron chi connectivity index (χ2n) is 8.63. The summed E-state index contributed by atoms with van der Waals surface area (Å²) < 4.78 is 2.06. The highest BCUT2D eigenvalue weighted by molar-refractivity contribution is 5.86. The Balaban J connectivity index is 1.92. The lowest BCUT2D eigenvalue weighted by atomic mass is 9.91. The fourth-order valence-electron chi connectivity index (χ4n) is 4.35. The molecule has 0 saturated carbocycles. The zero-order chi connectivity index (χ0) is 21.5. The highest BCUT2D eigenvalue weighted by Gasteiger charge is 2.26. The molecular weight excluding hydrogens is 378 g/mol. The van der Waals surface area contributed by atoms with Gasteiger partial charge >= 0.3 is 0 Å². The van der Waals surface area contributed by atoms with E-state index in [0.29, 0.717) is 11.8 Å². The molecule has 3 aromatic carbocycles. The number of rotatable bonds is 3. The predicted octanol–water partition coefficient (Wildman–Crippen LogP) is 6.56. The first-order chi connectivity index (χ1) is 15.1. The molecule has 0 radical (unpaired) electrons. The van der Waals surface area contributed by atoms with Crippen molar-refractivity contribution in [2.45, 2.75) is 39.5 Å². The lowest BCUT2D eigenvalue weighted by Crippen LogP contribution is -2.10. The molecule has 0 fully saturated rings. The molecule has 3 heteroatoms. The number of hydrogen-bond acceptors (Lipinski definition) is 2. The smallest absolute Gasteiger partial charge is 0.122 e. The van der Waals surface area contributed by atoms with Crippen molar-refractivity contribution >= 4 is 0 Å². The van der Waals surface area contributed by atoms with Gasteiger partial charge in [0.1, 0.15) is 11.4 Å². The molecule has 152 valence electrons. The summed E-state index contributed by atoms with van der Waals surface area (Å²) in [7, 11) is 0. The maximum Gasteiger partial charge on any atom is 0.122 e. The van der Waals surface area contributed by atoms with Crippen LogP contribution in [0.1, 0.15) is 61.8 Å². The van der Waals surface area contributed by atoms with Gasteiger partial charge in [-0.15, -0.1) is 5.10 Å². The van der Waals surface area contributed by atoms with Crippen molar-refractivity contribution in [2.24, 2.45) is 0 Å². The molecule has 0 spiro atoms. The fourth-order valence-corrected chi connectivity index (χ4v) is 4.35. The van der Waals surface area contributed by atoms with Gasteiger partial charge in [0.05, 0.1) is 5.69 Å². The van der Waals surface area contributed by atoms with Crippen LogP contribution in [0.3, 0.4) is 0 Å². The molecule has 0 bridgehead atoms. The molecule has 0 unspecified atom stereocenters. The average Bonchev–Trinajstić information content (AvgIpc) is 3.20. The molecule has 0 amide bonds. The SMILES string of the molecule is CC(C)c1cccc(C(C)C)c1-n1nnc2c1-c1ccccc1C#Cc1ccccc1-2. The summed E-state index contributed by atoms with van der Waals surface area (Å²) in [4.78, 5) is 0. The van der Waals surface area contributed by atoms with E-state index in [2.05, 4.69) is 92.7 Å². The van der Waals surface area contributed by atoms with Crippen LogP contribution in [0.4, 0.5) is 0 Å². The van der Waals surface area contributed by atoms with Gasteiger partial charge in [-0.2, -0.15) is 0 Å². The van der Waals surface area contributed by atoms with Gasteiger partial charge in [-0.25, -0.2) is 4.68 Å². The third-order valence-electron chi connectivity index (χ3n) is 5.92. The van der Waals surface area contributed by atoms with Crippen molar-refractivity contribution in [2.75, 3.05) is 0 Å². The van der Waals surface area contributed by atoms with Crippen molar-refractivity contribution in [3.63, 3.8) is 0 Å². The number of para-hydroxylation sites is 1. The second-order valence-corrected chi connectivity index (χ2v) is 8.63. The Labute approximate surface area is 183 Å². The van der Waals surface area contributed by atoms with E-state index in [1.54, 1.807) is 0 Å². The monoisotopic (exact) mass is 403 g/mol. The molecule has 1 aliphatic carbocycles. The summed E-state index contributed by atoms with van der Waals surface area (Å²) in [5.41, 5.74) is 9.65. The minimum Gasteiger partial charge on any atom is -0.212 e. The summed E-state index contributed by atoms with van der Waals surface area (Å²) in [5.74, 6) is 7.46. The topological polar surface area (TPSA) is 30.7 Å². The molecule has 4 aromatic rings. The van der Waals surface area contributed by atoms with Crippen LogP contribution in [0.2, 0.25) is 0 Å². The van der Waals surface area contributed by atoms with Gasteiger partial charge in [0.2, 0.25) is 0 Å².